The smallest absolute Gasteiger partial charge is 0.135 e. The number of fused-ring (bicyclic) bond motifs is 7. The Kier molecular flexibility index (Phi) is 8.11. The van der Waals surface area contributed by atoms with Crippen LogP contribution in [-0.4, -0.2) is 0 Å². The Morgan fingerprint density at radius 3 is 1.56 bits per heavy atom. The van der Waals surface area contributed by atoms with Crippen LogP contribution in [0.5, 0.6) is 0 Å². The summed E-state index contributed by atoms with van der Waals surface area (Å²) in [5.41, 5.74) is 16.9. The van der Waals surface area contributed by atoms with Crippen LogP contribution < -0.4 is 4.90 Å². The molecule has 0 bridgehead atoms. The fraction of sp³-hybridized carbons (Fsp3) is 0.0169. The summed E-state index contributed by atoms with van der Waals surface area (Å²) in [4.78, 5) is 2.41. The Morgan fingerprint density at radius 2 is 0.836 bits per heavy atom. The zero-order valence-corrected chi connectivity index (χ0v) is 33.4. The molecule has 286 valence electrons. The second-order valence-corrected chi connectivity index (χ2v) is 16.1. The molecule has 0 saturated carbocycles. The summed E-state index contributed by atoms with van der Waals surface area (Å²) < 4.78 is 6.16. The SMILES string of the molecule is c1ccc(C2(c3ccccc3)c3ccccc3-c3ccc(N(c4ccc(-c5ccc6ccccc6c5)cc4)c4ccc(-c5ccc6oc7ccccc7c6c5)cc4)cc32)cc1. The third-order valence-electron chi connectivity index (χ3n) is 12.7. The lowest BCUT2D eigenvalue weighted by molar-refractivity contribution is 0.669. The fourth-order valence-electron chi connectivity index (χ4n) is 9.90. The zero-order chi connectivity index (χ0) is 40.3. The second-order valence-electron chi connectivity index (χ2n) is 16.1. The van der Waals surface area contributed by atoms with Crippen molar-refractivity contribution in [2.75, 3.05) is 4.90 Å². The van der Waals surface area contributed by atoms with E-state index in [-0.39, 0.29) is 0 Å². The predicted molar refractivity (Wildman–Crippen MR) is 254 cm³/mol. The summed E-state index contributed by atoms with van der Waals surface area (Å²) in [6, 6.07) is 86.2. The van der Waals surface area contributed by atoms with E-state index in [0.717, 1.165) is 50.1 Å². The number of hydrogen-bond acceptors (Lipinski definition) is 2. The van der Waals surface area contributed by atoms with E-state index in [9.17, 15) is 0 Å². The number of benzene rings is 10. The van der Waals surface area contributed by atoms with Gasteiger partial charge in [0.25, 0.3) is 0 Å². The maximum atomic E-state index is 6.16. The molecule has 0 fully saturated rings. The van der Waals surface area contributed by atoms with Crippen LogP contribution in [0.15, 0.2) is 241 Å². The number of para-hydroxylation sites is 1. The minimum atomic E-state index is -0.504. The Hall–Kier alpha value is -7.94. The Labute approximate surface area is 355 Å². The highest BCUT2D eigenvalue weighted by atomic mass is 16.3. The molecule has 1 aliphatic carbocycles. The van der Waals surface area contributed by atoms with Gasteiger partial charge in [-0.2, -0.15) is 0 Å². The van der Waals surface area contributed by atoms with Crippen LogP contribution in [0.2, 0.25) is 0 Å². The molecule has 10 aromatic carbocycles. The molecule has 0 atom stereocenters. The van der Waals surface area contributed by atoms with Crippen molar-refractivity contribution in [3.05, 3.63) is 259 Å². The first-order valence-electron chi connectivity index (χ1n) is 21.0. The molecule has 11 aromatic rings. The molecule has 0 aliphatic heterocycles. The van der Waals surface area contributed by atoms with Gasteiger partial charge in [0.15, 0.2) is 0 Å². The van der Waals surface area contributed by atoms with Gasteiger partial charge < -0.3 is 9.32 Å². The third kappa shape index (κ3) is 5.64. The van der Waals surface area contributed by atoms with E-state index in [4.69, 9.17) is 4.42 Å². The van der Waals surface area contributed by atoms with E-state index in [1.807, 2.05) is 12.1 Å². The van der Waals surface area contributed by atoms with Crippen LogP contribution in [0.1, 0.15) is 22.3 Å². The van der Waals surface area contributed by atoms with Crippen molar-refractivity contribution in [2.24, 2.45) is 0 Å². The Morgan fingerprint density at radius 1 is 0.311 bits per heavy atom. The fourth-order valence-corrected chi connectivity index (χ4v) is 9.90. The molecule has 0 unspecified atom stereocenters. The van der Waals surface area contributed by atoms with Gasteiger partial charge in [-0.1, -0.05) is 176 Å². The van der Waals surface area contributed by atoms with Gasteiger partial charge in [-0.3, -0.25) is 0 Å². The van der Waals surface area contributed by atoms with E-state index in [2.05, 4.69) is 229 Å². The van der Waals surface area contributed by atoms with Gasteiger partial charge in [0.05, 0.1) is 5.41 Å². The van der Waals surface area contributed by atoms with Gasteiger partial charge >= 0.3 is 0 Å². The molecule has 0 radical (unpaired) electrons. The number of nitrogens with zero attached hydrogens (tertiary/aromatic N) is 1. The summed E-state index contributed by atoms with van der Waals surface area (Å²) in [5, 5.41) is 4.75. The van der Waals surface area contributed by atoms with Crippen molar-refractivity contribution in [1.82, 2.24) is 0 Å². The highest BCUT2D eigenvalue weighted by molar-refractivity contribution is 6.06. The Bertz CT molecular complexity index is 3360. The van der Waals surface area contributed by atoms with Crippen LogP contribution in [0.4, 0.5) is 17.1 Å². The molecule has 0 saturated heterocycles. The van der Waals surface area contributed by atoms with Gasteiger partial charge in [-0.05, 0) is 127 Å². The summed E-state index contributed by atoms with van der Waals surface area (Å²) >= 11 is 0. The molecule has 0 amide bonds. The second kappa shape index (κ2) is 14.1. The van der Waals surface area contributed by atoms with E-state index < -0.39 is 5.41 Å². The molecule has 2 nitrogen and oxygen atoms in total. The van der Waals surface area contributed by atoms with Gasteiger partial charge in [0, 0.05) is 27.8 Å². The van der Waals surface area contributed by atoms with Crippen molar-refractivity contribution >= 4 is 49.8 Å². The van der Waals surface area contributed by atoms with E-state index in [1.165, 1.54) is 55.3 Å². The average molecular weight is 778 g/mol. The molecular formula is C59H39NO. The summed E-state index contributed by atoms with van der Waals surface area (Å²) in [6.45, 7) is 0. The standard InChI is InChI=1S/C59H39NO/c1-3-15-46(16-4-1)59(47-17-5-2-6-18-47)55-21-11-9-19-51(55)52-35-34-50(39-56(52)59)60(48-30-25-41(26-31-48)44-24-23-40-13-7-8-14-43(40)37-44)49-32-27-42(28-33-49)45-29-36-58-54(38-45)53-20-10-12-22-57(53)61-58/h1-39H. The molecule has 1 aliphatic rings. The van der Waals surface area contributed by atoms with Gasteiger partial charge in [0.1, 0.15) is 11.2 Å². The lowest BCUT2D eigenvalue weighted by Gasteiger charge is -2.35. The van der Waals surface area contributed by atoms with E-state index in [1.54, 1.807) is 0 Å². The highest BCUT2D eigenvalue weighted by Crippen LogP contribution is 2.57. The minimum absolute atomic E-state index is 0.504. The summed E-state index contributed by atoms with van der Waals surface area (Å²) in [6.07, 6.45) is 0. The molecular weight excluding hydrogens is 739 g/mol. The quantitative estimate of drug-likeness (QED) is 0.160. The summed E-state index contributed by atoms with van der Waals surface area (Å²) in [5.74, 6) is 0. The van der Waals surface area contributed by atoms with Crippen molar-refractivity contribution in [1.29, 1.82) is 0 Å². The van der Waals surface area contributed by atoms with Gasteiger partial charge in [0.2, 0.25) is 0 Å². The topological polar surface area (TPSA) is 16.4 Å². The first-order chi connectivity index (χ1) is 30.2. The van der Waals surface area contributed by atoms with E-state index in [0.29, 0.717) is 0 Å². The van der Waals surface area contributed by atoms with Gasteiger partial charge in [-0.25, -0.2) is 0 Å². The van der Waals surface area contributed by atoms with Crippen molar-refractivity contribution in [2.45, 2.75) is 5.41 Å². The molecule has 0 N–H and O–H groups in total. The van der Waals surface area contributed by atoms with E-state index >= 15 is 0 Å². The number of anilines is 3. The van der Waals surface area contributed by atoms with Crippen molar-refractivity contribution in [3.63, 3.8) is 0 Å². The first kappa shape index (κ1) is 35.0. The van der Waals surface area contributed by atoms with Crippen LogP contribution in [-0.2, 0) is 5.41 Å². The third-order valence-corrected chi connectivity index (χ3v) is 12.7. The normalized spacial score (nSPS) is 12.7. The maximum Gasteiger partial charge on any atom is 0.135 e. The first-order valence-corrected chi connectivity index (χ1v) is 21.0. The molecule has 12 rings (SSSR count). The molecule has 0 spiro atoms. The van der Waals surface area contributed by atoms with Crippen LogP contribution >= 0.6 is 0 Å². The molecule has 1 heterocycles. The van der Waals surface area contributed by atoms with Gasteiger partial charge in [-0.15, -0.1) is 0 Å². The lowest BCUT2D eigenvalue weighted by atomic mass is 9.67. The maximum absolute atomic E-state index is 6.16. The molecule has 61 heavy (non-hydrogen) atoms. The number of rotatable bonds is 7. The summed E-state index contributed by atoms with van der Waals surface area (Å²) in [7, 11) is 0. The minimum Gasteiger partial charge on any atom is -0.456 e. The molecule has 1 aromatic heterocycles. The largest absolute Gasteiger partial charge is 0.456 e. The van der Waals surface area contributed by atoms with Crippen molar-refractivity contribution < 1.29 is 4.42 Å². The average Bonchev–Trinajstić information content (AvgIpc) is 3.86. The van der Waals surface area contributed by atoms with Crippen LogP contribution in [0.3, 0.4) is 0 Å². The highest BCUT2D eigenvalue weighted by Gasteiger charge is 2.46. The number of furan rings is 1. The number of hydrogen-bond donors (Lipinski definition) is 0. The monoisotopic (exact) mass is 777 g/mol. The van der Waals surface area contributed by atoms with Crippen LogP contribution in [0.25, 0.3) is 66.1 Å². The zero-order valence-electron chi connectivity index (χ0n) is 33.4. The Balaban J connectivity index is 1.02. The predicted octanol–water partition coefficient (Wildman–Crippen LogP) is 15.9. The lowest BCUT2D eigenvalue weighted by Crippen LogP contribution is -2.28. The van der Waals surface area contributed by atoms with Crippen molar-refractivity contribution in [3.8, 4) is 33.4 Å². The van der Waals surface area contributed by atoms with Crippen LogP contribution in [0, 0.1) is 0 Å². The molecule has 2 heteroatoms.